The SMILES string of the molecule is CC(NC(=O)CN(C(C)(C)C)S(C)(=O)=O)C(C)(C)C. The quantitative estimate of drug-likeness (QED) is 0.856. The van der Waals surface area contributed by atoms with E-state index in [1.54, 1.807) is 20.8 Å². The molecule has 0 aromatic carbocycles. The van der Waals surface area contributed by atoms with Gasteiger partial charge in [-0.3, -0.25) is 4.79 Å². The molecular formula is C13H28N2O3S. The predicted octanol–water partition coefficient (Wildman–Crippen LogP) is 1.60. The maximum Gasteiger partial charge on any atom is 0.235 e. The number of hydrogen-bond acceptors (Lipinski definition) is 3. The van der Waals surface area contributed by atoms with Crippen molar-refractivity contribution in [2.75, 3.05) is 12.8 Å². The first-order valence-corrected chi connectivity index (χ1v) is 8.27. The second-order valence-corrected chi connectivity index (χ2v) is 9.00. The van der Waals surface area contributed by atoms with E-state index < -0.39 is 15.6 Å². The molecule has 0 rings (SSSR count). The van der Waals surface area contributed by atoms with Gasteiger partial charge in [0, 0.05) is 11.6 Å². The number of nitrogens with zero attached hydrogens (tertiary/aromatic N) is 1. The summed E-state index contributed by atoms with van der Waals surface area (Å²) in [7, 11) is -3.42. The van der Waals surface area contributed by atoms with Crippen molar-refractivity contribution in [3.05, 3.63) is 0 Å². The Balaban J connectivity index is 4.87. The molecule has 0 spiro atoms. The molecule has 0 aliphatic heterocycles. The lowest BCUT2D eigenvalue weighted by atomic mass is 9.88. The van der Waals surface area contributed by atoms with Gasteiger partial charge in [-0.25, -0.2) is 8.42 Å². The summed E-state index contributed by atoms with van der Waals surface area (Å²) in [5, 5.41) is 2.85. The van der Waals surface area contributed by atoms with Gasteiger partial charge in [-0.1, -0.05) is 20.8 Å². The topological polar surface area (TPSA) is 66.5 Å². The Morgan fingerprint density at radius 3 is 1.84 bits per heavy atom. The third-order valence-corrected chi connectivity index (χ3v) is 4.59. The molecule has 0 fully saturated rings. The minimum absolute atomic E-state index is 0.0265. The van der Waals surface area contributed by atoms with Crippen LogP contribution in [-0.4, -0.2) is 43.0 Å². The zero-order chi connectivity index (χ0) is 15.6. The molecule has 0 heterocycles. The Kier molecular flexibility index (Phi) is 5.60. The molecule has 1 atom stereocenters. The van der Waals surface area contributed by atoms with E-state index in [1.165, 1.54) is 4.31 Å². The first-order chi connectivity index (χ1) is 8.15. The zero-order valence-electron chi connectivity index (χ0n) is 13.4. The summed E-state index contributed by atoms with van der Waals surface area (Å²) < 4.78 is 24.7. The van der Waals surface area contributed by atoms with Crippen LogP contribution in [-0.2, 0) is 14.8 Å². The summed E-state index contributed by atoms with van der Waals surface area (Å²) in [6.45, 7) is 13.2. The monoisotopic (exact) mass is 292 g/mol. The van der Waals surface area contributed by atoms with Crippen molar-refractivity contribution in [3.63, 3.8) is 0 Å². The average molecular weight is 292 g/mol. The highest BCUT2D eigenvalue weighted by molar-refractivity contribution is 7.88. The molecule has 0 saturated carbocycles. The molecular weight excluding hydrogens is 264 g/mol. The summed E-state index contributed by atoms with van der Waals surface area (Å²) >= 11 is 0. The number of carbonyl (C=O) groups excluding carboxylic acids is 1. The largest absolute Gasteiger partial charge is 0.352 e. The number of amides is 1. The second-order valence-electron chi connectivity index (χ2n) is 7.10. The standard InChI is InChI=1S/C13H28N2O3S/c1-10(12(2,3)4)14-11(16)9-15(13(5,6)7)19(8,17)18/h10H,9H2,1-8H3,(H,14,16). The third kappa shape index (κ3) is 6.38. The van der Waals surface area contributed by atoms with Gasteiger partial charge in [0.25, 0.3) is 0 Å². The lowest BCUT2D eigenvalue weighted by Gasteiger charge is -2.34. The number of nitrogens with one attached hydrogen (secondary N) is 1. The molecule has 0 saturated heterocycles. The first kappa shape index (κ1) is 18.4. The van der Waals surface area contributed by atoms with E-state index >= 15 is 0 Å². The normalized spacial score (nSPS) is 15.4. The molecule has 0 radical (unpaired) electrons. The molecule has 1 N–H and O–H groups in total. The van der Waals surface area contributed by atoms with Crippen molar-refractivity contribution in [2.45, 2.75) is 60.0 Å². The van der Waals surface area contributed by atoms with Gasteiger partial charge in [-0.15, -0.1) is 0 Å². The summed E-state index contributed by atoms with van der Waals surface area (Å²) in [6, 6.07) is -0.0265. The van der Waals surface area contributed by atoms with E-state index in [0.29, 0.717) is 0 Å². The fraction of sp³-hybridized carbons (Fsp3) is 0.923. The van der Waals surface area contributed by atoms with Crippen LogP contribution in [0, 0.1) is 5.41 Å². The van der Waals surface area contributed by atoms with E-state index in [0.717, 1.165) is 6.26 Å². The first-order valence-electron chi connectivity index (χ1n) is 6.43. The van der Waals surface area contributed by atoms with Crippen molar-refractivity contribution in [2.24, 2.45) is 5.41 Å². The van der Waals surface area contributed by atoms with Crippen LogP contribution >= 0.6 is 0 Å². The van der Waals surface area contributed by atoms with E-state index in [4.69, 9.17) is 0 Å². The third-order valence-electron chi connectivity index (χ3n) is 3.11. The molecule has 0 aliphatic carbocycles. The fourth-order valence-corrected chi connectivity index (χ4v) is 2.83. The summed E-state index contributed by atoms with van der Waals surface area (Å²) in [5.74, 6) is -0.275. The number of sulfonamides is 1. The number of hydrogen-bond donors (Lipinski definition) is 1. The van der Waals surface area contributed by atoms with Gasteiger partial charge in [0.05, 0.1) is 12.8 Å². The van der Waals surface area contributed by atoms with Gasteiger partial charge < -0.3 is 5.32 Å². The van der Waals surface area contributed by atoms with Crippen molar-refractivity contribution in [3.8, 4) is 0 Å². The molecule has 19 heavy (non-hydrogen) atoms. The van der Waals surface area contributed by atoms with E-state index in [9.17, 15) is 13.2 Å². The van der Waals surface area contributed by atoms with Crippen molar-refractivity contribution in [1.29, 1.82) is 0 Å². The molecule has 1 unspecified atom stereocenters. The Hall–Kier alpha value is -0.620. The molecule has 0 aliphatic rings. The highest BCUT2D eigenvalue weighted by atomic mass is 32.2. The zero-order valence-corrected chi connectivity index (χ0v) is 14.2. The van der Waals surface area contributed by atoms with Crippen LogP contribution in [0.3, 0.4) is 0 Å². The smallest absolute Gasteiger partial charge is 0.235 e. The minimum Gasteiger partial charge on any atom is -0.352 e. The van der Waals surface area contributed by atoms with Crippen LogP contribution in [0.25, 0.3) is 0 Å². The molecule has 0 aromatic rings. The molecule has 114 valence electrons. The highest BCUT2D eigenvalue weighted by Gasteiger charge is 2.32. The van der Waals surface area contributed by atoms with Crippen LogP contribution in [0.5, 0.6) is 0 Å². The fourth-order valence-electron chi connectivity index (χ4n) is 1.49. The lowest BCUT2D eigenvalue weighted by molar-refractivity contribution is -0.123. The van der Waals surface area contributed by atoms with Crippen molar-refractivity contribution >= 4 is 15.9 Å². The van der Waals surface area contributed by atoms with E-state index in [2.05, 4.69) is 5.32 Å². The Morgan fingerprint density at radius 1 is 1.16 bits per heavy atom. The maximum atomic E-state index is 12.0. The second kappa shape index (κ2) is 5.79. The van der Waals surface area contributed by atoms with Gasteiger partial charge in [-0.2, -0.15) is 4.31 Å². The Bertz CT molecular complexity index is 416. The number of rotatable bonds is 4. The molecule has 0 bridgehead atoms. The molecule has 0 aromatic heterocycles. The van der Waals surface area contributed by atoms with Crippen LogP contribution in [0.2, 0.25) is 0 Å². The Morgan fingerprint density at radius 2 is 1.58 bits per heavy atom. The Labute approximate surface area is 117 Å². The summed E-state index contributed by atoms with van der Waals surface area (Å²) in [4.78, 5) is 12.0. The highest BCUT2D eigenvalue weighted by Crippen LogP contribution is 2.19. The number of carbonyl (C=O) groups is 1. The van der Waals surface area contributed by atoms with Gasteiger partial charge in [-0.05, 0) is 33.1 Å². The van der Waals surface area contributed by atoms with Crippen molar-refractivity contribution in [1.82, 2.24) is 9.62 Å². The lowest BCUT2D eigenvalue weighted by Crippen LogP contribution is -2.52. The van der Waals surface area contributed by atoms with Crippen LogP contribution < -0.4 is 5.32 Å². The van der Waals surface area contributed by atoms with E-state index in [1.807, 2.05) is 27.7 Å². The van der Waals surface area contributed by atoms with Gasteiger partial charge in [0.15, 0.2) is 0 Å². The van der Waals surface area contributed by atoms with Gasteiger partial charge >= 0.3 is 0 Å². The average Bonchev–Trinajstić information content (AvgIpc) is 2.08. The van der Waals surface area contributed by atoms with Crippen molar-refractivity contribution < 1.29 is 13.2 Å². The van der Waals surface area contributed by atoms with Crippen LogP contribution in [0.4, 0.5) is 0 Å². The molecule has 6 heteroatoms. The van der Waals surface area contributed by atoms with Gasteiger partial charge in [0.2, 0.25) is 15.9 Å². The van der Waals surface area contributed by atoms with Gasteiger partial charge in [0.1, 0.15) is 0 Å². The maximum absolute atomic E-state index is 12.0. The predicted molar refractivity (Wildman–Crippen MR) is 78.4 cm³/mol. The minimum atomic E-state index is -3.42. The van der Waals surface area contributed by atoms with Crippen LogP contribution in [0.15, 0.2) is 0 Å². The molecule has 5 nitrogen and oxygen atoms in total. The summed E-state index contributed by atoms with van der Waals surface area (Å²) in [5.41, 5.74) is -0.677. The van der Waals surface area contributed by atoms with Crippen LogP contribution in [0.1, 0.15) is 48.5 Å². The van der Waals surface area contributed by atoms with E-state index in [-0.39, 0.29) is 23.9 Å². The molecule has 1 amide bonds. The summed E-state index contributed by atoms with van der Waals surface area (Å²) in [6.07, 6.45) is 1.12.